The van der Waals surface area contributed by atoms with Crippen LogP contribution in [0.5, 0.6) is 5.75 Å². The Balaban J connectivity index is 2.28. The second-order valence-electron chi connectivity index (χ2n) is 3.77. The third-order valence-corrected chi connectivity index (χ3v) is 3.02. The fourth-order valence-electron chi connectivity index (χ4n) is 2.11. The van der Waals surface area contributed by atoms with Gasteiger partial charge < -0.3 is 9.64 Å². The number of fused-ring (bicyclic) bond motifs is 1. The van der Waals surface area contributed by atoms with Crippen molar-refractivity contribution in [1.29, 1.82) is 0 Å². The molecular weight excluding hydrogens is 210 g/mol. The number of methoxy groups -OCH3 is 1. The van der Waals surface area contributed by atoms with Crippen molar-refractivity contribution in [2.45, 2.75) is 12.8 Å². The number of hydrogen-bond acceptors (Lipinski definition) is 2. The number of ether oxygens (including phenoxy) is 1. The molecule has 0 N–H and O–H groups in total. The summed E-state index contributed by atoms with van der Waals surface area (Å²) in [7, 11) is 1.71. The lowest BCUT2D eigenvalue weighted by Crippen LogP contribution is -2.30. The van der Waals surface area contributed by atoms with Gasteiger partial charge in [-0.05, 0) is 36.6 Å². The fourth-order valence-corrected chi connectivity index (χ4v) is 2.32. The first-order valence-corrected chi connectivity index (χ1v) is 5.86. The van der Waals surface area contributed by atoms with Gasteiger partial charge in [-0.1, -0.05) is 0 Å². The minimum absolute atomic E-state index is 0.686. The van der Waals surface area contributed by atoms with Crippen LogP contribution in [0.25, 0.3) is 0 Å². The predicted molar refractivity (Wildman–Crippen MR) is 64.2 cm³/mol. The van der Waals surface area contributed by atoms with E-state index in [-0.39, 0.29) is 0 Å². The Morgan fingerprint density at radius 3 is 3.07 bits per heavy atom. The van der Waals surface area contributed by atoms with Crippen molar-refractivity contribution in [1.82, 2.24) is 0 Å². The highest BCUT2D eigenvalue weighted by atomic mass is 35.5. The van der Waals surface area contributed by atoms with Gasteiger partial charge in [-0.15, -0.1) is 11.6 Å². The van der Waals surface area contributed by atoms with Gasteiger partial charge in [-0.3, -0.25) is 0 Å². The Hall–Kier alpha value is -0.890. The van der Waals surface area contributed by atoms with Crippen molar-refractivity contribution in [2.24, 2.45) is 0 Å². The van der Waals surface area contributed by atoms with Crippen molar-refractivity contribution < 1.29 is 4.74 Å². The van der Waals surface area contributed by atoms with E-state index < -0.39 is 0 Å². The lowest BCUT2D eigenvalue weighted by molar-refractivity contribution is 0.414. The van der Waals surface area contributed by atoms with Gasteiger partial charge in [0.1, 0.15) is 5.75 Å². The molecule has 1 aromatic carbocycles. The van der Waals surface area contributed by atoms with E-state index in [0.29, 0.717) is 5.88 Å². The standard InChI is InChI=1S/C12H16ClNO/c1-15-11-4-5-12-10(9-11)3-2-7-14(12)8-6-13/h4-5,9H,2-3,6-8H2,1H3. The summed E-state index contributed by atoms with van der Waals surface area (Å²) in [5.74, 6) is 1.63. The third kappa shape index (κ3) is 2.20. The van der Waals surface area contributed by atoms with E-state index in [1.165, 1.54) is 17.7 Å². The second kappa shape index (κ2) is 4.75. The number of rotatable bonds is 3. The van der Waals surface area contributed by atoms with Crippen LogP contribution in [0.4, 0.5) is 5.69 Å². The molecule has 0 spiro atoms. The maximum Gasteiger partial charge on any atom is 0.119 e. The highest BCUT2D eigenvalue weighted by molar-refractivity contribution is 6.18. The van der Waals surface area contributed by atoms with E-state index in [2.05, 4.69) is 17.0 Å². The number of hydrogen-bond donors (Lipinski definition) is 0. The van der Waals surface area contributed by atoms with Gasteiger partial charge in [0.2, 0.25) is 0 Å². The first kappa shape index (κ1) is 10.6. The molecule has 0 saturated carbocycles. The topological polar surface area (TPSA) is 12.5 Å². The van der Waals surface area contributed by atoms with Gasteiger partial charge >= 0.3 is 0 Å². The lowest BCUT2D eigenvalue weighted by Gasteiger charge is -2.30. The number of anilines is 1. The summed E-state index contributed by atoms with van der Waals surface area (Å²) in [6.07, 6.45) is 2.35. The molecule has 82 valence electrons. The van der Waals surface area contributed by atoms with Crippen molar-refractivity contribution >= 4 is 17.3 Å². The Bertz CT molecular complexity index is 340. The van der Waals surface area contributed by atoms with Gasteiger partial charge in [0.05, 0.1) is 7.11 Å². The van der Waals surface area contributed by atoms with Gasteiger partial charge in [0, 0.05) is 24.7 Å². The van der Waals surface area contributed by atoms with E-state index in [4.69, 9.17) is 16.3 Å². The van der Waals surface area contributed by atoms with Gasteiger partial charge in [-0.25, -0.2) is 0 Å². The summed E-state index contributed by atoms with van der Waals surface area (Å²) >= 11 is 5.79. The van der Waals surface area contributed by atoms with Crippen molar-refractivity contribution in [3.63, 3.8) is 0 Å². The molecule has 15 heavy (non-hydrogen) atoms. The maximum absolute atomic E-state index is 5.79. The Kier molecular flexibility index (Phi) is 3.37. The van der Waals surface area contributed by atoms with Crippen LogP contribution in [-0.4, -0.2) is 26.1 Å². The normalized spacial score (nSPS) is 14.9. The van der Waals surface area contributed by atoms with E-state index in [1.807, 2.05) is 6.07 Å². The van der Waals surface area contributed by atoms with Gasteiger partial charge in [-0.2, -0.15) is 0 Å². The monoisotopic (exact) mass is 225 g/mol. The smallest absolute Gasteiger partial charge is 0.119 e. The highest BCUT2D eigenvalue weighted by Crippen LogP contribution is 2.30. The van der Waals surface area contributed by atoms with Crippen LogP contribution in [0.1, 0.15) is 12.0 Å². The Labute approximate surface area is 95.8 Å². The Morgan fingerprint density at radius 2 is 2.33 bits per heavy atom. The minimum atomic E-state index is 0.686. The summed E-state index contributed by atoms with van der Waals surface area (Å²) in [4.78, 5) is 2.35. The van der Waals surface area contributed by atoms with Crippen molar-refractivity contribution in [3.05, 3.63) is 23.8 Å². The second-order valence-corrected chi connectivity index (χ2v) is 4.15. The molecule has 1 aromatic rings. The zero-order valence-corrected chi connectivity index (χ0v) is 9.76. The molecule has 1 aliphatic rings. The molecule has 0 aromatic heterocycles. The van der Waals surface area contributed by atoms with Crippen LogP contribution in [-0.2, 0) is 6.42 Å². The molecule has 0 atom stereocenters. The molecule has 3 heteroatoms. The molecule has 0 unspecified atom stereocenters. The molecule has 0 aliphatic carbocycles. The molecule has 0 bridgehead atoms. The summed E-state index contributed by atoms with van der Waals surface area (Å²) in [6.45, 7) is 2.05. The molecule has 2 rings (SSSR count). The molecule has 2 nitrogen and oxygen atoms in total. The van der Waals surface area contributed by atoms with Crippen LogP contribution in [0.15, 0.2) is 18.2 Å². The predicted octanol–water partition coefficient (Wildman–Crippen LogP) is 2.69. The first-order chi connectivity index (χ1) is 7.35. The molecule has 0 amide bonds. The molecule has 0 saturated heterocycles. The van der Waals surface area contributed by atoms with Gasteiger partial charge in [0.15, 0.2) is 0 Å². The third-order valence-electron chi connectivity index (χ3n) is 2.86. The van der Waals surface area contributed by atoms with Gasteiger partial charge in [0.25, 0.3) is 0 Å². The average molecular weight is 226 g/mol. The summed E-state index contributed by atoms with van der Waals surface area (Å²) in [5.41, 5.74) is 2.70. The van der Waals surface area contributed by atoms with E-state index in [1.54, 1.807) is 7.11 Å². The van der Waals surface area contributed by atoms with Crippen molar-refractivity contribution in [2.75, 3.05) is 31.0 Å². The maximum atomic E-state index is 5.79. The summed E-state index contributed by atoms with van der Waals surface area (Å²) in [6, 6.07) is 6.29. The van der Waals surface area contributed by atoms with Crippen LogP contribution in [0.2, 0.25) is 0 Å². The lowest BCUT2D eigenvalue weighted by atomic mass is 10.0. The SMILES string of the molecule is COc1ccc2c(c1)CCCN2CCCl. The number of alkyl halides is 1. The molecular formula is C12H16ClNO. The van der Waals surface area contributed by atoms with E-state index >= 15 is 0 Å². The average Bonchev–Trinajstić information content (AvgIpc) is 2.29. The van der Waals surface area contributed by atoms with Crippen LogP contribution in [0.3, 0.4) is 0 Å². The van der Waals surface area contributed by atoms with E-state index in [0.717, 1.165) is 25.3 Å². The largest absolute Gasteiger partial charge is 0.497 e. The molecule has 0 fully saturated rings. The number of aryl methyl sites for hydroxylation is 1. The number of nitrogens with zero attached hydrogens (tertiary/aromatic N) is 1. The molecule has 1 heterocycles. The van der Waals surface area contributed by atoms with E-state index in [9.17, 15) is 0 Å². The number of halogens is 1. The summed E-state index contributed by atoms with van der Waals surface area (Å²) < 4.78 is 5.23. The zero-order chi connectivity index (χ0) is 10.7. The Morgan fingerprint density at radius 1 is 1.47 bits per heavy atom. The number of benzene rings is 1. The van der Waals surface area contributed by atoms with Crippen LogP contribution < -0.4 is 9.64 Å². The quantitative estimate of drug-likeness (QED) is 0.734. The summed E-state index contributed by atoms with van der Waals surface area (Å²) in [5, 5.41) is 0. The molecule has 1 aliphatic heterocycles. The minimum Gasteiger partial charge on any atom is -0.497 e. The van der Waals surface area contributed by atoms with Crippen LogP contribution >= 0.6 is 11.6 Å². The first-order valence-electron chi connectivity index (χ1n) is 5.33. The highest BCUT2D eigenvalue weighted by Gasteiger charge is 2.16. The zero-order valence-electron chi connectivity index (χ0n) is 9.00. The molecule has 0 radical (unpaired) electrons. The van der Waals surface area contributed by atoms with Crippen molar-refractivity contribution in [3.8, 4) is 5.75 Å². The fraction of sp³-hybridized carbons (Fsp3) is 0.500. The van der Waals surface area contributed by atoms with Crippen LogP contribution in [0, 0.1) is 0 Å².